The molecular formula is C7H16N2. The molecule has 1 saturated heterocycles. The van der Waals surface area contributed by atoms with E-state index in [-0.39, 0.29) is 0 Å². The van der Waals surface area contributed by atoms with Gasteiger partial charge in [-0.15, -0.1) is 0 Å². The van der Waals surface area contributed by atoms with Gasteiger partial charge >= 0.3 is 0 Å². The van der Waals surface area contributed by atoms with Gasteiger partial charge in [0, 0.05) is 18.6 Å². The number of hydrogen-bond acceptors (Lipinski definition) is 2. The summed E-state index contributed by atoms with van der Waals surface area (Å²) in [6, 6.07) is 0. The molecule has 0 saturated carbocycles. The first-order valence-electron chi connectivity index (χ1n) is 3.72. The van der Waals surface area contributed by atoms with E-state index >= 15 is 0 Å². The third-order valence-electron chi connectivity index (χ3n) is 2.19. The van der Waals surface area contributed by atoms with Crippen LogP contribution in [-0.4, -0.2) is 25.7 Å². The molecule has 0 bridgehead atoms. The second-order valence-corrected chi connectivity index (χ2v) is 2.88. The highest BCUT2D eigenvalue weighted by Gasteiger charge is 2.33. The van der Waals surface area contributed by atoms with E-state index in [4.69, 9.17) is 0 Å². The summed E-state index contributed by atoms with van der Waals surface area (Å²) in [6.07, 6.45) is 2.58. The molecule has 0 amide bonds. The van der Waals surface area contributed by atoms with Crippen LogP contribution in [0.15, 0.2) is 0 Å². The fourth-order valence-corrected chi connectivity index (χ4v) is 1.38. The van der Waals surface area contributed by atoms with E-state index < -0.39 is 0 Å². The summed E-state index contributed by atoms with van der Waals surface area (Å²) in [4.78, 5) is 0. The van der Waals surface area contributed by atoms with Gasteiger partial charge in [0.05, 0.1) is 0 Å². The summed E-state index contributed by atoms with van der Waals surface area (Å²) in [7, 11) is 2.05. The molecule has 1 aliphatic heterocycles. The third kappa shape index (κ3) is 1.25. The minimum Gasteiger partial charge on any atom is -0.313 e. The van der Waals surface area contributed by atoms with Crippen molar-refractivity contribution in [3.63, 3.8) is 0 Å². The summed E-state index contributed by atoms with van der Waals surface area (Å²) < 4.78 is 0. The van der Waals surface area contributed by atoms with Crippen LogP contribution in [-0.2, 0) is 0 Å². The summed E-state index contributed by atoms with van der Waals surface area (Å²) in [5.41, 5.74) is 0.453. The first-order chi connectivity index (χ1) is 4.33. The number of likely N-dealkylation sites (N-methyl/N-ethyl adjacent to an activating group) is 1. The number of nitrogens with one attached hydrogen (secondary N) is 2. The van der Waals surface area contributed by atoms with E-state index in [1.165, 1.54) is 12.8 Å². The van der Waals surface area contributed by atoms with E-state index in [1.807, 2.05) is 0 Å². The SMILES string of the molecule is CCCC1(NC)CNC1. The minimum absolute atomic E-state index is 0.453. The van der Waals surface area contributed by atoms with E-state index in [0.29, 0.717) is 5.54 Å². The molecule has 0 aromatic heterocycles. The molecule has 0 radical (unpaired) electrons. The zero-order chi connectivity index (χ0) is 6.74. The smallest absolute Gasteiger partial charge is 0.0429 e. The summed E-state index contributed by atoms with van der Waals surface area (Å²) >= 11 is 0. The standard InChI is InChI=1S/C7H16N2/c1-3-4-7(8-2)5-9-6-7/h8-9H,3-6H2,1-2H3. The Kier molecular flexibility index (Phi) is 2.09. The normalized spacial score (nSPS) is 23.3. The lowest BCUT2D eigenvalue weighted by atomic mass is 9.88. The van der Waals surface area contributed by atoms with Gasteiger partial charge in [0.25, 0.3) is 0 Å². The van der Waals surface area contributed by atoms with Crippen LogP contribution in [0.4, 0.5) is 0 Å². The van der Waals surface area contributed by atoms with Crippen LogP contribution in [0, 0.1) is 0 Å². The number of hydrogen-bond donors (Lipinski definition) is 2. The Morgan fingerprint density at radius 1 is 1.56 bits per heavy atom. The Bertz CT molecular complexity index is 81.4. The third-order valence-corrected chi connectivity index (χ3v) is 2.19. The Labute approximate surface area is 57.0 Å². The maximum Gasteiger partial charge on any atom is 0.0429 e. The lowest BCUT2D eigenvalue weighted by Crippen LogP contribution is -2.66. The zero-order valence-corrected chi connectivity index (χ0v) is 6.33. The molecule has 9 heavy (non-hydrogen) atoms. The van der Waals surface area contributed by atoms with Crippen molar-refractivity contribution < 1.29 is 0 Å². The van der Waals surface area contributed by atoms with Gasteiger partial charge in [-0.3, -0.25) is 0 Å². The highest BCUT2D eigenvalue weighted by molar-refractivity contribution is 4.98. The maximum absolute atomic E-state index is 3.35. The first kappa shape index (κ1) is 7.03. The molecule has 0 unspecified atom stereocenters. The first-order valence-corrected chi connectivity index (χ1v) is 3.72. The van der Waals surface area contributed by atoms with Crippen molar-refractivity contribution >= 4 is 0 Å². The Morgan fingerprint density at radius 2 is 2.22 bits per heavy atom. The second kappa shape index (κ2) is 2.67. The average Bonchev–Trinajstić information content (AvgIpc) is 1.79. The van der Waals surface area contributed by atoms with Crippen molar-refractivity contribution in [2.75, 3.05) is 20.1 Å². The van der Waals surface area contributed by atoms with Gasteiger partial charge < -0.3 is 10.6 Å². The fraction of sp³-hybridized carbons (Fsp3) is 1.00. The van der Waals surface area contributed by atoms with Crippen LogP contribution in [0.25, 0.3) is 0 Å². The van der Waals surface area contributed by atoms with Gasteiger partial charge in [-0.1, -0.05) is 13.3 Å². The monoisotopic (exact) mass is 128 g/mol. The average molecular weight is 128 g/mol. The predicted molar refractivity (Wildman–Crippen MR) is 39.6 cm³/mol. The highest BCUT2D eigenvalue weighted by atomic mass is 15.1. The van der Waals surface area contributed by atoms with Crippen molar-refractivity contribution in [3.8, 4) is 0 Å². The van der Waals surface area contributed by atoms with Gasteiger partial charge in [0.15, 0.2) is 0 Å². The predicted octanol–water partition coefficient (Wildman–Crippen LogP) is 0.348. The van der Waals surface area contributed by atoms with Crippen LogP contribution in [0.3, 0.4) is 0 Å². The molecule has 2 heteroatoms. The van der Waals surface area contributed by atoms with Crippen LogP contribution in [0.1, 0.15) is 19.8 Å². The van der Waals surface area contributed by atoms with E-state index in [9.17, 15) is 0 Å². The molecule has 2 N–H and O–H groups in total. The Hall–Kier alpha value is -0.0800. The molecule has 1 fully saturated rings. The summed E-state index contributed by atoms with van der Waals surface area (Å²) in [6.45, 7) is 4.53. The van der Waals surface area contributed by atoms with Gasteiger partial charge in [-0.25, -0.2) is 0 Å². The van der Waals surface area contributed by atoms with Crippen molar-refractivity contribution in [2.24, 2.45) is 0 Å². The van der Waals surface area contributed by atoms with Crippen molar-refractivity contribution in [1.29, 1.82) is 0 Å². The molecule has 0 aromatic carbocycles. The molecule has 54 valence electrons. The Balaban J connectivity index is 2.28. The summed E-state index contributed by atoms with van der Waals surface area (Å²) in [5, 5.41) is 6.63. The molecule has 1 aliphatic rings. The van der Waals surface area contributed by atoms with Gasteiger partial charge in [0.1, 0.15) is 0 Å². The van der Waals surface area contributed by atoms with Crippen molar-refractivity contribution in [2.45, 2.75) is 25.3 Å². The fourth-order valence-electron chi connectivity index (χ4n) is 1.38. The van der Waals surface area contributed by atoms with Crippen LogP contribution >= 0.6 is 0 Å². The molecule has 1 rings (SSSR count). The topological polar surface area (TPSA) is 24.1 Å². The number of rotatable bonds is 3. The maximum atomic E-state index is 3.35. The lowest BCUT2D eigenvalue weighted by molar-refractivity contribution is 0.212. The highest BCUT2D eigenvalue weighted by Crippen LogP contribution is 2.16. The quantitative estimate of drug-likeness (QED) is 0.573. The van der Waals surface area contributed by atoms with Crippen molar-refractivity contribution in [3.05, 3.63) is 0 Å². The molecular weight excluding hydrogens is 112 g/mol. The van der Waals surface area contributed by atoms with E-state index in [2.05, 4.69) is 24.6 Å². The Morgan fingerprint density at radius 3 is 2.33 bits per heavy atom. The zero-order valence-electron chi connectivity index (χ0n) is 6.33. The van der Waals surface area contributed by atoms with Crippen molar-refractivity contribution in [1.82, 2.24) is 10.6 Å². The van der Waals surface area contributed by atoms with Crippen LogP contribution in [0.2, 0.25) is 0 Å². The van der Waals surface area contributed by atoms with Gasteiger partial charge in [-0.05, 0) is 13.5 Å². The van der Waals surface area contributed by atoms with Gasteiger partial charge in [-0.2, -0.15) is 0 Å². The van der Waals surface area contributed by atoms with E-state index in [0.717, 1.165) is 13.1 Å². The summed E-state index contributed by atoms with van der Waals surface area (Å²) in [5.74, 6) is 0. The van der Waals surface area contributed by atoms with Crippen LogP contribution < -0.4 is 10.6 Å². The van der Waals surface area contributed by atoms with E-state index in [1.54, 1.807) is 0 Å². The minimum atomic E-state index is 0.453. The molecule has 2 nitrogen and oxygen atoms in total. The largest absolute Gasteiger partial charge is 0.313 e. The molecule has 0 spiro atoms. The molecule has 0 aromatic rings. The van der Waals surface area contributed by atoms with Gasteiger partial charge in [0.2, 0.25) is 0 Å². The molecule has 0 atom stereocenters. The molecule has 0 aliphatic carbocycles. The van der Waals surface area contributed by atoms with Crippen LogP contribution in [0.5, 0.6) is 0 Å². The lowest BCUT2D eigenvalue weighted by Gasteiger charge is -2.42. The second-order valence-electron chi connectivity index (χ2n) is 2.88. The molecule has 1 heterocycles.